The molecule has 0 heterocycles. The highest BCUT2D eigenvalue weighted by Gasteiger charge is 2.15. The molecule has 2 aromatic carbocycles. The van der Waals surface area contributed by atoms with Crippen LogP contribution in [0.4, 0.5) is 0 Å². The number of benzene rings is 2. The standard InChI is InChI=1S/C19H23NO3/c1-3-20-19(22)11-14(2)17-10-9-16(12-18(17)21)23-13-15-7-5-4-6-8-15/h4-10,12,14,21H,3,11,13H2,1-2H3,(H,20,22). The van der Waals surface area contributed by atoms with Crippen LogP contribution in [-0.2, 0) is 11.4 Å². The molecule has 1 unspecified atom stereocenters. The van der Waals surface area contributed by atoms with Crippen molar-refractivity contribution >= 4 is 5.91 Å². The minimum Gasteiger partial charge on any atom is -0.508 e. The van der Waals surface area contributed by atoms with E-state index in [1.165, 1.54) is 0 Å². The molecule has 0 aliphatic heterocycles. The highest BCUT2D eigenvalue weighted by atomic mass is 16.5. The predicted molar refractivity (Wildman–Crippen MR) is 90.6 cm³/mol. The lowest BCUT2D eigenvalue weighted by atomic mass is 9.96. The average molecular weight is 313 g/mol. The smallest absolute Gasteiger partial charge is 0.220 e. The summed E-state index contributed by atoms with van der Waals surface area (Å²) in [6.07, 6.45) is 0.353. The van der Waals surface area contributed by atoms with Gasteiger partial charge in [0.25, 0.3) is 0 Å². The Kier molecular flexibility index (Phi) is 6.03. The maximum Gasteiger partial charge on any atom is 0.220 e. The normalized spacial score (nSPS) is 11.7. The van der Waals surface area contributed by atoms with E-state index in [-0.39, 0.29) is 17.6 Å². The van der Waals surface area contributed by atoms with Gasteiger partial charge in [-0.05, 0) is 30.0 Å². The van der Waals surface area contributed by atoms with Crippen molar-refractivity contribution in [1.29, 1.82) is 0 Å². The monoisotopic (exact) mass is 313 g/mol. The highest BCUT2D eigenvalue weighted by Crippen LogP contribution is 2.31. The number of carbonyl (C=O) groups is 1. The van der Waals surface area contributed by atoms with Crippen molar-refractivity contribution in [2.24, 2.45) is 0 Å². The first-order chi connectivity index (χ1) is 11.1. The number of phenols is 1. The summed E-state index contributed by atoms with van der Waals surface area (Å²) in [6, 6.07) is 15.1. The largest absolute Gasteiger partial charge is 0.508 e. The van der Waals surface area contributed by atoms with Gasteiger partial charge < -0.3 is 15.2 Å². The molecular weight excluding hydrogens is 290 g/mol. The molecule has 0 aliphatic carbocycles. The van der Waals surface area contributed by atoms with E-state index < -0.39 is 0 Å². The lowest BCUT2D eigenvalue weighted by molar-refractivity contribution is -0.121. The molecule has 1 atom stereocenters. The summed E-state index contributed by atoms with van der Waals surface area (Å²) in [7, 11) is 0. The minimum atomic E-state index is -0.0512. The van der Waals surface area contributed by atoms with Crippen molar-refractivity contribution in [2.75, 3.05) is 6.54 Å². The van der Waals surface area contributed by atoms with Crippen molar-refractivity contribution in [1.82, 2.24) is 5.32 Å². The first-order valence-corrected chi connectivity index (χ1v) is 7.86. The number of aromatic hydroxyl groups is 1. The predicted octanol–water partition coefficient (Wildman–Crippen LogP) is 3.60. The second-order valence-corrected chi connectivity index (χ2v) is 5.55. The number of amides is 1. The van der Waals surface area contributed by atoms with Gasteiger partial charge in [0.1, 0.15) is 18.1 Å². The number of carbonyl (C=O) groups excluding carboxylic acids is 1. The number of ether oxygens (including phenoxy) is 1. The van der Waals surface area contributed by atoms with Gasteiger partial charge in [0.05, 0.1) is 0 Å². The van der Waals surface area contributed by atoms with E-state index in [4.69, 9.17) is 4.74 Å². The summed E-state index contributed by atoms with van der Waals surface area (Å²) in [5, 5.41) is 13.0. The summed E-state index contributed by atoms with van der Waals surface area (Å²) >= 11 is 0. The van der Waals surface area contributed by atoms with E-state index in [9.17, 15) is 9.90 Å². The first kappa shape index (κ1) is 16.9. The Balaban J connectivity index is 1.98. The van der Waals surface area contributed by atoms with Gasteiger partial charge in [-0.1, -0.05) is 43.3 Å². The van der Waals surface area contributed by atoms with Crippen LogP contribution in [0.1, 0.15) is 37.3 Å². The number of nitrogens with one attached hydrogen (secondary N) is 1. The van der Waals surface area contributed by atoms with Gasteiger partial charge in [0.2, 0.25) is 5.91 Å². The minimum absolute atomic E-state index is 0.0104. The third-order valence-electron chi connectivity index (χ3n) is 3.65. The fraction of sp³-hybridized carbons (Fsp3) is 0.316. The van der Waals surface area contributed by atoms with Gasteiger partial charge in [-0.3, -0.25) is 4.79 Å². The van der Waals surface area contributed by atoms with E-state index in [0.717, 1.165) is 11.1 Å². The molecule has 4 nitrogen and oxygen atoms in total. The Morgan fingerprint density at radius 3 is 2.61 bits per heavy atom. The molecule has 1 amide bonds. The number of rotatable bonds is 7. The van der Waals surface area contributed by atoms with Crippen molar-refractivity contribution in [2.45, 2.75) is 32.8 Å². The molecule has 122 valence electrons. The summed E-state index contributed by atoms with van der Waals surface area (Å²) in [6.45, 7) is 4.88. The first-order valence-electron chi connectivity index (χ1n) is 7.86. The summed E-state index contributed by atoms with van der Waals surface area (Å²) in [4.78, 5) is 11.6. The summed E-state index contributed by atoms with van der Waals surface area (Å²) in [5.74, 6) is 0.709. The second-order valence-electron chi connectivity index (χ2n) is 5.55. The molecule has 0 fully saturated rings. The molecular formula is C19H23NO3. The molecule has 0 aliphatic rings. The van der Waals surface area contributed by atoms with Gasteiger partial charge in [0.15, 0.2) is 0 Å². The maximum atomic E-state index is 11.6. The lowest BCUT2D eigenvalue weighted by Gasteiger charge is -2.14. The van der Waals surface area contributed by atoms with Crippen molar-refractivity contribution < 1.29 is 14.6 Å². The Morgan fingerprint density at radius 1 is 1.22 bits per heavy atom. The van der Waals surface area contributed by atoms with E-state index in [1.807, 2.05) is 56.3 Å². The van der Waals surface area contributed by atoms with Crippen LogP contribution in [0.25, 0.3) is 0 Å². The van der Waals surface area contributed by atoms with E-state index in [0.29, 0.717) is 25.3 Å². The molecule has 0 radical (unpaired) electrons. The molecule has 0 saturated heterocycles. The zero-order chi connectivity index (χ0) is 16.7. The van der Waals surface area contributed by atoms with E-state index >= 15 is 0 Å². The Hall–Kier alpha value is -2.49. The van der Waals surface area contributed by atoms with Crippen LogP contribution in [0, 0.1) is 0 Å². The van der Waals surface area contributed by atoms with Crippen LogP contribution >= 0.6 is 0 Å². The fourth-order valence-electron chi connectivity index (χ4n) is 2.43. The molecule has 23 heavy (non-hydrogen) atoms. The molecule has 0 saturated carbocycles. The average Bonchev–Trinajstić information content (AvgIpc) is 2.54. The third-order valence-corrected chi connectivity index (χ3v) is 3.65. The van der Waals surface area contributed by atoms with Gasteiger partial charge in [-0.25, -0.2) is 0 Å². The molecule has 2 N–H and O–H groups in total. The molecule has 2 aromatic rings. The Morgan fingerprint density at radius 2 is 1.96 bits per heavy atom. The molecule has 2 rings (SSSR count). The van der Waals surface area contributed by atoms with Gasteiger partial charge in [0, 0.05) is 19.0 Å². The van der Waals surface area contributed by atoms with Gasteiger partial charge in [-0.15, -0.1) is 0 Å². The van der Waals surface area contributed by atoms with E-state index in [2.05, 4.69) is 5.32 Å². The van der Waals surface area contributed by atoms with Gasteiger partial charge >= 0.3 is 0 Å². The molecule has 4 heteroatoms. The fourth-order valence-corrected chi connectivity index (χ4v) is 2.43. The lowest BCUT2D eigenvalue weighted by Crippen LogP contribution is -2.23. The zero-order valence-corrected chi connectivity index (χ0v) is 13.6. The third kappa shape index (κ3) is 5.02. The van der Waals surface area contributed by atoms with Gasteiger partial charge in [-0.2, -0.15) is 0 Å². The van der Waals surface area contributed by atoms with Crippen LogP contribution < -0.4 is 10.1 Å². The maximum absolute atomic E-state index is 11.6. The van der Waals surface area contributed by atoms with E-state index in [1.54, 1.807) is 6.07 Å². The van der Waals surface area contributed by atoms with Crippen LogP contribution in [-0.4, -0.2) is 17.6 Å². The highest BCUT2D eigenvalue weighted by molar-refractivity contribution is 5.76. The summed E-state index contributed by atoms with van der Waals surface area (Å²) < 4.78 is 5.69. The van der Waals surface area contributed by atoms with Crippen molar-refractivity contribution in [3.05, 3.63) is 59.7 Å². The van der Waals surface area contributed by atoms with Crippen LogP contribution in [0.2, 0.25) is 0 Å². The molecule has 0 aromatic heterocycles. The zero-order valence-electron chi connectivity index (χ0n) is 13.6. The van der Waals surface area contributed by atoms with Crippen molar-refractivity contribution in [3.63, 3.8) is 0 Å². The van der Waals surface area contributed by atoms with Crippen molar-refractivity contribution in [3.8, 4) is 11.5 Å². The van der Waals surface area contributed by atoms with Crippen LogP contribution in [0.5, 0.6) is 11.5 Å². The molecule has 0 spiro atoms. The van der Waals surface area contributed by atoms with Crippen LogP contribution in [0.15, 0.2) is 48.5 Å². The number of phenolic OH excluding ortho intramolecular Hbond substituents is 1. The summed E-state index contributed by atoms with van der Waals surface area (Å²) in [5.41, 5.74) is 1.82. The Bertz CT molecular complexity index is 640. The molecule has 0 bridgehead atoms. The topological polar surface area (TPSA) is 58.6 Å². The quantitative estimate of drug-likeness (QED) is 0.821. The number of hydrogen-bond donors (Lipinski definition) is 2. The second kappa shape index (κ2) is 8.22. The van der Waals surface area contributed by atoms with Crippen LogP contribution in [0.3, 0.4) is 0 Å². The Labute approximate surface area is 137 Å². The SMILES string of the molecule is CCNC(=O)CC(C)c1ccc(OCc2ccccc2)cc1O. The number of hydrogen-bond acceptors (Lipinski definition) is 3.